The van der Waals surface area contributed by atoms with Crippen molar-refractivity contribution in [2.45, 2.75) is 56.2 Å². The SMILES string of the molecule is CC[C@@]1(NS(=O)C(C)(C)C)COc2c1cc(C(O)(CN)C(F)(F)F)nc2Cl. The Kier molecular flexibility index (Phi) is 5.91. The van der Waals surface area contributed by atoms with Gasteiger partial charge in [0.2, 0.25) is 5.60 Å². The molecule has 1 aromatic rings. The average Bonchev–Trinajstić information content (AvgIpc) is 2.91. The van der Waals surface area contributed by atoms with Crippen LogP contribution in [0.2, 0.25) is 5.15 Å². The number of fused-ring (bicyclic) bond motifs is 1. The molecule has 11 heteroatoms. The zero-order valence-electron chi connectivity index (χ0n) is 15.4. The van der Waals surface area contributed by atoms with E-state index >= 15 is 0 Å². The number of hydrogen-bond acceptors (Lipinski definition) is 5. The molecule has 0 saturated heterocycles. The molecule has 0 saturated carbocycles. The fourth-order valence-corrected chi connectivity index (χ4v) is 3.85. The standard InChI is InChI=1S/C16H23ClF3N3O3S/c1-5-14(23-27(25)13(2,3)4)8-26-11-9(14)6-10(22-12(11)17)15(24,7-21)16(18,19)20/h6,23-24H,5,7-8,21H2,1-4H3/t14-,15?,27?/m1/s1. The Hall–Kier alpha value is -0.940. The number of ether oxygens (including phenoxy) is 1. The van der Waals surface area contributed by atoms with E-state index in [1.54, 1.807) is 27.7 Å². The maximum atomic E-state index is 13.4. The molecule has 154 valence electrons. The molecule has 1 aliphatic rings. The van der Waals surface area contributed by atoms with Crippen LogP contribution in [0.15, 0.2) is 6.07 Å². The third kappa shape index (κ3) is 3.82. The number of hydrogen-bond donors (Lipinski definition) is 3. The Morgan fingerprint density at radius 2 is 2.04 bits per heavy atom. The maximum absolute atomic E-state index is 13.4. The first-order valence-electron chi connectivity index (χ1n) is 8.25. The molecule has 1 aliphatic heterocycles. The van der Waals surface area contributed by atoms with Gasteiger partial charge in [0, 0.05) is 12.1 Å². The van der Waals surface area contributed by atoms with Gasteiger partial charge in [-0.1, -0.05) is 18.5 Å². The van der Waals surface area contributed by atoms with Gasteiger partial charge in [-0.3, -0.25) is 0 Å². The molecule has 0 fully saturated rings. The van der Waals surface area contributed by atoms with Gasteiger partial charge in [0.15, 0.2) is 10.9 Å². The summed E-state index contributed by atoms with van der Waals surface area (Å²) >= 11 is 6.04. The monoisotopic (exact) mass is 429 g/mol. The van der Waals surface area contributed by atoms with Crippen LogP contribution in [-0.2, 0) is 22.1 Å². The van der Waals surface area contributed by atoms with Gasteiger partial charge >= 0.3 is 6.18 Å². The molecule has 2 rings (SSSR count). The summed E-state index contributed by atoms with van der Waals surface area (Å²) in [7, 11) is -1.53. The quantitative estimate of drug-likeness (QED) is 0.625. The number of aromatic nitrogens is 1. The van der Waals surface area contributed by atoms with Crippen molar-refractivity contribution in [2.75, 3.05) is 13.2 Å². The summed E-state index contributed by atoms with van der Waals surface area (Å²) in [6.45, 7) is 5.95. The van der Waals surface area contributed by atoms with Gasteiger partial charge in [-0.2, -0.15) is 13.2 Å². The Morgan fingerprint density at radius 3 is 2.48 bits per heavy atom. The Labute approximate surface area is 163 Å². The lowest BCUT2D eigenvalue weighted by Gasteiger charge is -2.33. The fourth-order valence-electron chi connectivity index (χ4n) is 2.63. The molecule has 0 radical (unpaired) electrons. The van der Waals surface area contributed by atoms with Crippen LogP contribution < -0.4 is 15.2 Å². The number of halogens is 4. The fraction of sp³-hybridized carbons (Fsp3) is 0.688. The van der Waals surface area contributed by atoms with E-state index in [0.717, 1.165) is 6.07 Å². The number of pyridine rings is 1. The topological polar surface area (TPSA) is 97.5 Å². The van der Waals surface area contributed by atoms with Gasteiger partial charge in [0.05, 0.1) is 27.0 Å². The van der Waals surface area contributed by atoms with Crippen molar-refractivity contribution in [3.05, 3.63) is 22.5 Å². The number of nitrogens with one attached hydrogen (secondary N) is 1. The van der Waals surface area contributed by atoms with Crippen LogP contribution >= 0.6 is 11.6 Å². The molecule has 4 N–H and O–H groups in total. The molecule has 0 amide bonds. The number of nitrogens with zero attached hydrogens (tertiary/aromatic N) is 1. The number of nitrogens with two attached hydrogens (primary N) is 1. The third-order valence-corrected chi connectivity index (χ3v) is 6.49. The minimum Gasteiger partial charge on any atom is -0.488 e. The van der Waals surface area contributed by atoms with Crippen LogP contribution in [0.3, 0.4) is 0 Å². The van der Waals surface area contributed by atoms with Gasteiger partial charge in [-0.15, -0.1) is 0 Å². The van der Waals surface area contributed by atoms with E-state index in [4.69, 9.17) is 22.1 Å². The van der Waals surface area contributed by atoms with Gasteiger partial charge in [-0.05, 0) is 33.3 Å². The van der Waals surface area contributed by atoms with E-state index < -0.39 is 45.3 Å². The van der Waals surface area contributed by atoms with E-state index in [1.807, 2.05) is 0 Å². The summed E-state index contributed by atoms with van der Waals surface area (Å²) in [5.74, 6) is 0.0993. The van der Waals surface area contributed by atoms with Crippen molar-refractivity contribution < 1.29 is 27.2 Å². The molecule has 0 spiro atoms. The average molecular weight is 430 g/mol. The molecule has 0 aromatic carbocycles. The van der Waals surface area contributed by atoms with Crippen molar-refractivity contribution in [2.24, 2.45) is 5.73 Å². The van der Waals surface area contributed by atoms with Crippen LogP contribution in [0.1, 0.15) is 45.4 Å². The van der Waals surface area contributed by atoms with Crippen molar-refractivity contribution >= 4 is 22.6 Å². The summed E-state index contributed by atoms with van der Waals surface area (Å²) in [6.07, 6.45) is -4.70. The Morgan fingerprint density at radius 1 is 1.44 bits per heavy atom. The molecular weight excluding hydrogens is 407 g/mol. The van der Waals surface area contributed by atoms with E-state index in [0.29, 0.717) is 6.42 Å². The molecule has 6 nitrogen and oxygen atoms in total. The van der Waals surface area contributed by atoms with Gasteiger partial charge in [-0.25, -0.2) is 13.9 Å². The van der Waals surface area contributed by atoms with Crippen LogP contribution in [0, 0.1) is 0 Å². The van der Waals surface area contributed by atoms with E-state index in [9.17, 15) is 22.5 Å². The van der Waals surface area contributed by atoms with Crippen LogP contribution in [0.25, 0.3) is 0 Å². The van der Waals surface area contributed by atoms with Gasteiger partial charge < -0.3 is 15.6 Å². The van der Waals surface area contributed by atoms with Crippen molar-refractivity contribution in [3.63, 3.8) is 0 Å². The largest absolute Gasteiger partial charge is 0.488 e. The summed E-state index contributed by atoms with van der Waals surface area (Å²) < 4.78 is 60.7. The second-order valence-corrected chi connectivity index (χ2v) is 9.77. The number of aliphatic hydroxyl groups is 1. The van der Waals surface area contributed by atoms with Crippen LogP contribution in [0.5, 0.6) is 5.75 Å². The molecule has 1 aromatic heterocycles. The van der Waals surface area contributed by atoms with Crippen molar-refractivity contribution in [3.8, 4) is 5.75 Å². The zero-order chi connectivity index (χ0) is 20.8. The number of rotatable bonds is 5. The second kappa shape index (κ2) is 7.14. The molecule has 0 bridgehead atoms. The molecule has 2 heterocycles. The third-order valence-electron chi connectivity index (χ3n) is 4.55. The minimum absolute atomic E-state index is 0.0125. The lowest BCUT2D eigenvalue weighted by Crippen LogP contribution is -2.50. The minimum atomic E-state index is -5.05. The van der Waals surface area contributed by atoms with E-state index in [-0.39, 0.29) is 23.1 Å². The van der Waals surface area contributed by atoms with Crippen molar-refractivity contribution in [1.29, 1.82) is 0 Å². The molecule has 2 unspecified atom stereocenters. The van der Waals surface area contributed by atoms with Crippen LogP contribution in [0.4, 0.5) is 13.2 Å². The molecule has 3 atom stereocenters. The predicted molar refractivity (Wildman–Crippen MR) is 96.7 cm³/mol. The lowest BCUT2D eigenvalue weighted by molar-refractivity contribution is -0.263. The summed E-state index contributed by atoms with van der Waals surface area (Å²) in [4.78, 5) is 3.67. The highest BCUT2D eigenvalue weighted by Gasteiger charge is 2.56. The first kappa shape index (κ1) is 22.4. The smallest absolute Gasteiger partial charge is 0.424 e. The van der Waals surface area contributed by atoms with Crippen molar-refractivity contribution in [1.82, 2.24) is 9.71 Å². The maximum Gasteiger partial charge on any atom is 0.424 e. The van der Waals surface area contributed by atoms with E-state index in [1.165, 1.54) is 0 Å². The second-order valence-electron chi connectivity index (χ2n) is 7.44. The lowest BCUT2D eigenvalue weighted by atomic mass is 9.88. The summed E-state index contributed by atoms with van der Waals surface area (Å²) in [5.41, 5.74) is 0.329. The first-order chi connectivity index (χ1) is 12.2. The molecular formula is C16H23ClF3N3O3S. The first-order valence-corrected chi connectivity index (χ1v) is 9.78. The highest BCUT2D eigenvalue weighted by Crippen LogP contribution is 2.47. The van der Waals surface area contributed by atoms with E-state index in [2.05, 4.69) is 9.71 Å². The zero-order valence-corrected chi connectivity index (χ0v) is 17.0. The highest BCUT2D eigenvalue weighted by molar-refractivity contribution is 7.84. The van der Waals surface area contributed by atoms with Gasteiger partial charge in [0.1, 0.15) is 6.61 Å². The van der Waals surface area contributed by atoms with Gasteiger partial charge in [0.25, 0.3) is 0 Å². The molecule has 0 aliphatic carbocycles. The molecule has 27 heavy (non-hydrogen) atoms. The normalized spacial score (nSPS) is 23.5. The number of alkyl halides is 3. The Bertz CT molecular complexity index is 757. The predicted octanol–water partition coefficient (Wildman–Crippen LogP) is 2.49. The Balaban J connectivity index is 2.62. The summed E-state index contributed by atoms with van der Waals surface area (Å²) in [5, 5.41) is 9.82. The highest BCUT2D eigenvalue weighted by atomic mass is 35.5. The van der Waals surface area contributed by atoms with Crippen LogP contribution in [-0.4, -0.2) is 38.4 Å². The summed E-state index contributed by atoms with van der Waals surface area (Å²) in [6, 6.07) is 1.07.